The number of nitrogens with zero attached hydrogens (tertiary/aromatic N) is 2. The van der Waals surface area contributed by atoms with Crippen molar-refractivity contribution in [2.24, 2.45) is 0 Å². The van der Waals surface area contributed by atoms with E-state index in [1.807, 2.05) is 0 Å². The van der Waals surface area contributed by atoms with Crippen LogP contribution in [0.2, 0.25) is 0 Å². The summed E-state index contributed by atoms with van der Waals surface area (Å²) in [5.74, 6) is 0.960. The van der Waals surface area contributed by atoms with Crippen LogP contribution in [0.5, 0.6) is 5.75 Å². The van der Waals surface area contributed by atoms with Gasteiger partial charge < -0.3 is 9.64 Å². The molecular weight excluding hydrogens is 308 g/mol. The van der Waals surface area contributed by atoms with Gasteiger partial charge in [-0.3, -0.25) is 4.90 Å². The molecule has 3 aromatic rings. The highest BCUT2D eigenvalue weighted by atomic mass is 16.5. The zero-order valence-corrected chi connectivity index (χ0v) is 14.5. The standard InChI is InChI=1S/C22H24N2O/c1-2-8-21(9-3-1)24-14-12-23(13-15-24)16-17-25-22-11-10-19-6-4-5-7-20(19)18-22/h1-11,18H,12-17H2. The molecule has 3 nitrogen and oxygen atoms in total. The first-order valence-corrected chi connectivity index (χ1v) is 9.02. The number of rotatable bonds is 5. The molecule has 4 rings (SSSR count). The summed E-state index contributed by atoms with van der Waals surface area (Å²) >= 11 is 0. The Balaban J connectivity index is 1.25. The maximum absolute atomic E-state index is 5.97. The van der Waals surface area contributed by atoms with Gasteiger partial charge in [0, 0.05) is 38.4 Å². The van der Waals surface area contributed by atoms with Crippen molar-refractivity contribution in [2.75, 3.05) is 44.2 Å². The summed E-state index contributed by atoms with van der Waals surface area (Å²) in [7, 11) is 0. The summed E-state index contributed by atoms with van der Waals surface area (Å²) in [4.78, 5) is 4.95. The first kappa shape index (κ1) is 16.0. The van der Waals surface area contributed by atoms with Gasteiger partial charge in [-0.25, -0.2) is 0 Å². The molecular formula is C22H24N2O. The molecule has 0 spiro atoms. The van der Waals surface area contributed by atoms with Crippen molar-refractivity contribution in [3.63, 3.8) is 0 Å². The van der Waals surface area contributed by atoms with E-state index in [-0.39, 0.29) is 0 Å². The number of hydrogen-bond acceptors (Lipinski definition) is 3. The van der Waals surface area contributed by atoms with Crippen LogP contribution in [-0.4, -0.2) is 44.2 Å². The average Bonchev–Trinajstić information content (AvgIpc) is 2.69. The lowest BCUT2D eigenvalue weighted by molar-refractivity contribution is 0.200. The fraction of sp³-hybridized carbons (Fsp3) is 0.273. The van der Waals surface area contributed by atoms with Crippen LogP contribution >= 0.6 is 0 Å². The summed E-state index contributed by atoms with van der Waals surface area (Å²) in [5.41, 5.74) is 1.33. The predicted octanol–water partition coefficient (Wildman–Crippen LogP) is 4.04. The topological polar surface area (TPSA) is 15.7 Å². The van der Waals surface area contributed by atoms with Gasteiger partial charge in [0.2, 0.25) is 0 Å². The number of anilines is 1. The number of piperazine rings is 1. The SMILES string of the molecule is c1ccc(N2CCN(CCOc3ccc4ccccc4c3)CC2)cc1. The molecule has 0 amide bonds. The van der Waals surface area contributed by atoms with E-state index < -0.39 is 0 Å². The molecule has 1 saturated heterocycles. The summed E-state index contributed by atoms with van der Waals surface area (Å²) in [6, 6.07) is 25.4. The second-order valence-electron chi connectivity index (χ2n) is 6.52. The number of para-hydroxylation sites is 1. The van der Waals surface area contributed by atoms with Gasteiger partial charge in [0.1, 0.15) is 12.4 Å². The molecule has 0 radical (unpaired) electrons. The van der Waals surface area contributed by atoms with Crippen LogP contribution in [0.4, 0.5) is 5.69 Å². The smallest absolute Gasteiger partial charge is 0.120 e. The van der Waals surface area contributed by atoms with Gasteiger partial charge in [-0.05, 0) is 35.0 Å². The van der Waals surface area contributed by atoms with Crippen molar-refractivity contribution >= 4 is 16.5 Å². The lowest BCUT2D eigenvalue weighted by Crippen LogP contribution is -2.47. The second kappa shape index (κ2) is 7.58. The summed E-state index contributed by atoms with van der Waals surface area (Å²) < 4.78 is 5.97. The van der Waals surface area contributed by atoms with Gasteiger partial charge in [0.15, 0.2) is 0 Å². The Labute approximate surface area is 149 Å². The second-order valence-corrected chi connectivity index (χ2v) is 6.52. The molecule has 3 heteroatoms. The molecule has 1 fully saturated rings. The summed E-state index contributed by atoms with van der Waals surface area (Å²) in [6.07, 6.45) is 0. The van der Waals surface area contributed by atoms with Gasteiger partial charge in [-0.1, -0.05) is 48.5 Å². The first-order chi connectivity index (χ1) is 12.4. The number of benzene rings is 3. The molecule has 0 N–H and O–H groups in total. The third-order valence-corrected chi connectivity index (χ3v) is 4.89. The number of hydrogen-bond donors (Lipinski definition) is 0. The average molecular weight is 332 g/mol. The van der Waals surface area contributed by atoms with Crippen LogP contribution in [0.15, 0.2) is 72.8 Å². The van der Waals surface area contributed by atoms with E-state index in [0.717, 1.165) is 45.1 Å². The van der Waals surface area contributed by atoms with E-state index in [1.165, 1.54) is 16.5 Å². The van der Waals surface area contributed by atoms with E-state index >= 15 is 0 Å². The van der Waals surface area contributed by atoms with E-state index in [4.69, 9.17) is 4.74 Å². The molecule has 0 bridgehead atoms. The van der Waals surface area contributed by atoms with Crippen LogP contribution in [-0.2, 0) is 0 Å². The van der Waals surface area contributed by atoms with Crippen LogP contribution in [0.25, 0.3) is 10.8 Å². The maximum Gasteiger partial charge on any atom is 0.120 e. The minimum absolute atomic E-state index is 0.740. The molecule has 1 aliphatic rings. The van der Waals surface area contributed by atoms with E-state index in [9.17, 15) is 0 Å². The Morgan fingerprint density at radius 2 is 1.44 bits per heavy atom. The Morgan fingerprint density at radius 3 is 2.24 bits per heavy atom. The van der Waals surface area contributed by atoms with E-state index in [2.05, 4.69) is 82.6 Å². The lowest BCUT2D eigenvalue weighted by atomic mass is 10.1. The monoisotopic (exact) mass is 332 g/mol. The third-order valence-electron chi connectivity index (χ3n) is 4.89. The minimum atomic E-state index is 0.740. The zero-order chi connectivity index (χ0) is 16.9. The van der Waals surface area contributed by atoms with Crippen LogP contribution in [0.3, 0.4) is 0 Å². The summed E-state index contributed by atoms with van der Waals surface area (Å²) in [6.45, 7) is 6.07. The molecule has 0 aliphatic carbocycles. The van der Waals surface area contributed by atoms with Gasteiger partial charge in [-0.15, -0.1) is 0 Å². The molecule has 128 valence electrons. The van der Waals surface area contributed by atoms with Crippen molar-refractivity contribution in [3.8, 4) is 5.75 Å². The summed E-state index contributed by atoms with van der Waals surface area (Å²) in [5, 5.41) is 2.49. The fourth-order valence-electron chi connectivity index (χ4n) is 3.42. The lowest BCUT2D eigenvalue weighted by Gasteiger charge is -2.36. The van der Waals surface area contributed by atoms with Gasteiger partial charge in [0.25, 0.3) is 0 Å². The Bertz CT molecular complexity index is 810. The Hall–Kier alpha value is -2.52. The number of ether oxygens (including phenoxy) is 1. The highest BCUT2D eigenvalue weighted by molar-refractivity contribution is 5.83. The molecule has 1 heterocycles. The highest BCUT2D eigenvalue weighted by Crippen LogP contribution is 2.20. The first-order valence-electron chi connectivity index (χ1n) is 9.02. The van der Waals surface area contributed by atoms with Gasteiger partial charge in [0.05, 0.1) is 0 Å². The zero-order valence-electron chi connectivity index (χ0n) is 14.5. The molecule has 0 unspecified atom stereocenters. The molecule has 0 saturated carbocycles. The largest absolute Gasteiger partial charge is 0.492 e. The van der Waals surface area contributed by atoms with E-state index in [1.54, 1.807) is 0 Å². The molecule has 25 heavy (non-hydrogen) atoms. The quantitative estimate of drug-likeness (QED) is 0.701. The minimum Gasteiger partial charge on any atom is -0.492 e. The molecule has 1 aliphatic heterocycles. The van der Waals surface area contributed by atoms with Crippen molar-refractivity contribution in [1.82, 2.24) is 4.90 Å². The van der Waals surface area contributed by atoms with Crippen LogP contribution in [0.1, 0.15) is 0 Å². The third kappa shape index (κ3) is 3.94. The highest BCUT2D eigenvalue weighted by Gasteiger charge is 2.16. The van der Waals surface area contributed by atoms with Crippen molar-refractivity contribution in [2.45, 2.75) is 0 Å². The molecule has 0 aromatic heterocycles. The normalized spacial score (nSPS) is 15.4. The fourth-order valence-corrected chi connectivity index (χ4v) is 3.42. The molecule has 0 atom stereocenters. The maximum atomic E-state index is 5.97. The van der Waals surface area contributed by atoms with Gasteiger partial charge >= 0.3 is 0 Å². The van der Waals surface area contributed by atoms with E-state index in [0.29, 0.717) is 0 Å². The van der Waals surface area contributed by atoms with Crippen LogP contribution in [0, 0.1) is 0 Å². The van der Waals surface area contributed by atoms with Crippen LogP contribution < -0.4 is 9.64 Å². The van der Waals surface area contributed by atoms with Crippen molar-refractivity contribution in [1.29, 1.82) is 0 Å². The predicted molar refractivity (Wildman–Crippen MR) is 105 cm³/mol. The van der Waals surface area contributed by atoms with Gasteiger partial charge in [-0.2, -0.15) is 0 Å². The van der Waals surface area contributed by atoms with Crippen molar-refractivity contribution in [3.05, 3.63) is 72.8 Å². The molecule has 3 aromatic carbocycles. The van der Waals surface area contributed by atoms with Crippen molar-refractivity contribution < 1.29 is 4.74 Å². The Kier molecular flexibility index (Phi) is 4.84. The number of fused-ring (bicyclic) bond motifs is 1. The Morgan fingerprint density at radius 1 is 0.720 bits per heavy atom.